The molecular weight excluding hydrogens is 451 g/mol. The molecule has 176 valence electrons. The quantitative estimate of drug-likeness (QED) is 0.411. The fourth-order valence-corrected chi connectivity index (χ4v) is 4.39. The van der Waals surface area contributed by atoms with Crippen LogP contribution in [0, 0.1) is 5.82 Å². The van der Waals surface area contributed by atoms with E-state index in [0.29, 0.717) is 35.5 Å². The summed E-state index contributed by atoms with van der Waals surface area (Å²) in [4.78, 5) is 15.1. The highest BCUT2D eigenvalue weighted by atomic mass is 19.1. The number of ether oxygens (including phenoxy) is 1. The van der Waals surface area contributed by atoms with Gasteiger partial charge in [-0.2, -0.15) is 5.10 Å². The summed E-state index contributed by atoms with van der Waals surface area (Å²) in [5, 5.41) is 26.5. The van der Waals surface area contributed by atoms with E-state index in [1.54, 1.807) is 24.5 Å². The van der Waals surface area contributed by atoms with Crippen LogP contribution in [0.1, 0.15) is 17.4 Å². The van der Waals surface area contributed by atoms with Crippen molar-refractivity contribution in [2.45, 2.75) is 6.10 Å². The fraction of sp³-hybridized carbons (Fsp3) is 0.200. The Labute approximate surface area is 199 Å². The molecule has 2 aromatic carbocycles. The third kappa shape index (κ3) is 3.82. The number of morpholine rings is 1. The van der Waals surface area contributed by atoms with Gasteiger partial charge in [0.05, 0.1) is 30.1 Å². The molecule has 9 nitrogen and oxygen atoms in total. The smallest absolute Gasteiger partial charge is 0.153 e. The molecule has 0 amide bonds. The normalized spacial score (nSPS) is 15.1. The van der Waals surface area contributed by atoms with Crippen LogP contribution < -0.4 is 4.90 Å². The van der Waals surface area contributed by atoms with Crippen molar-refractivity contribution in [2.24, 2.45) is 0 Å². The van der Waals surface area contributed by atoms with Gasteiger partial charge in [0.2, 0.25) is 0 Å². The van der Waals surface area contributed by atoms with E-state index in [4.69, 9.17) is 4.74 Å². The lowest BCUT2D eigenvalue weighted by Crippen LogP contribution is -2.36. The minimum absolute atomic E-state index is 0.116. The molecule has 1 atom stereocenters. The zero-order valence-electron chi connectivity index (χ0n) is 18.5. The molecule has 0 spiro atoms. The molecule has 1 aliphatic rings. The van der Waals surface area contributed by atoms with Gasteiger partial charge in [-0.1, -0.05) is 0 Å². The number of nitrogens with zero attached hydrogens (tertiary/aromatic N) is 6. The number of hydrogen-bond donors (Lipinski definition) is 2. The molecule has 6 rings (SSSR count). The summed E-state index contributed by atoms with van der Waals surface area (Å²) in [5.41, 5.74) is 3.21. The van der Waals surface area contributed by atoms with Crippen LogP contribution in [-0.2, 0) is 4.74 Å². The lowest BCUT2D eigenvalue weighted by atomic mass is 9.98. The van der Waals surface area contributed by atoms with Gasteiger partial charge in [-0.05, 0) is 36.4 Å². The van der Waals surface area contributed by atoms with Gasteiger partial charge in [0, 0.05) is 53.8 Å². The second-order valence-electron chi connectivity index (χ2n) is 8.30. The predicted octanol–water partition coefficient (Wildman–Crippen LogP) is 3.10. The molecule has 5 aromatic rings. The largest absolute Gasteiger partial charge is 0.507 e. The number of aromatic hydroxyl groups is 1. The minimum Gasteiger partial charge on any atom is -0.507 e. The average molecular weight is 472 g/mol. The maximum Gasteiger partial charge on any atom is 0.153 e. The average Bonchev–Trinajstić information content (AvgIpc) is 3.36. The molecular formula is C25H21FN6O3. The van der Waals surface area contributed by atoms with Gasteiger partial charge in [-0.3, -0.25) is 0 Å². The SMILES string of the molecule is Oc1cc(F)c(-c2ncnc3cc(N4CCOCC4)ccc23)cc1C(O)c1ccc2nccn2n1. The lowest BCUT2D eigenvalue weighted by Gasteiger charge is -2.29. The lowest BCUT2D eigenvalue weighted by molar-refractivity contribution is 0.122. The van der Waals surface area contributed by atoms with Gasteiger partial charge in [-0.15, -0.1) is 0 Å². The predicted molar refractivity (Wildman–Crippen MR) is 127 cm³/mol. The first-order chi connectivity index (χ1) is 17.1. The molecule has 35 heavy (non-hydrogen) atoms. The van der Waals surface area contributed by atoms with Crippen molar-refractivity contribution < 1.29 is 19.3 Å². The Kier molecular flexibility index (Phi) is 5.24. The monoisotopic (exact) mass is 472 g/mol. The van der Waals surface area contributed by atoms with Crippen molar-refractivity contribution >= 4 is 22.2 Å². The summed E-state index contributed by atoms with van der Waals surface area (Å²) in [6, 6.07) is 11.5. The molecule has 0 radical (unpaired) electrons. The van der Waals surface area contributed by atoms with Crippen molar-refractivity contribution in [1.82, 2.24) is 24.6 Å². The minimum atomic E-state index is -1.29. The van der Waals surface area contributed by atoms with Crippen LogP contribution in [-0.4, -0.2) is 61.1 Å². The highest BCUT2D eigenvalue weighted by molar-refractivity contribution is 5.94. The van der Waals surface area contributed by atoms with E-state index in [9.17, 15) is 10.2 Å². The van der Waals surface area contributed by atoms with E-state index in [0.717, 1.165) is 24.8 Å². The molecule has 1 fully saturated rings. The summed E-state index contributed by atoms with van der Waals surface area (Å²) in [5.74, 6) is -1.03. The highest BCUT2D eigenvalue weighted by Crippen LogP contribution is 2.36. The molecule has 4 heterocycles. The number of aromatic nitrogens is 5. The summed E-state index contributed by atoms with van der Waals surface area (Å²) < 4.78 is 22.0. The zero-order valence-corrected chi connectivity index (χ0v) is 18.5. The summed E-state index contributed by atoms with van der Waals surface area (Å²) in [7, 11) is 0. The van der Waals surface area contributed by atoms with Gasteiger partial charge in [0.25, 0.3) is 0 Å². The third-order valence-corrected chi connectivity index (χ3v) is 6.22. The van der Waals surface area contributed by atoms with Gasteiger partial charge >= 0.3 is 0 Å². The number of benzene rings is 2. The standard InChI is InChI=1S/C25H21FN6O3/c26-19-13-22(33)18(25(34)20-3-4-23-27-5-6-32(23)30-20)12-17(19)24-16-2-1-15(11-21(16)28-14-29-24)31-7-9-35-10-8-31/h1-6,11-14,25,33-34H,7-10H2. The van der Waals surface area contributed by atoms with Crippen LogP contribution >= 0.6 is 0 Å². The van der Waals surface area contributed by atoms with E-state index in [1.165, 1.54) is 16.9 Å². The molecule has 1 saturated heterocycles. The number of hydrogen-bond acceptors (Lipinski definition) is 8. The highest BCUT2D eigenvalue weighted by Gasteiger charge is 2.22. The number of phenols is 1. The number of imidazole rings is 1. The fourth-order valence-electron chi connectivity index (χ4n) is 4.39. The van der Waals surface area contributed by atoms with Gasteiger partial charge in [0.15, 0.2) is 5.65 Å². The van der Waals surface area contributed by atoms with Crippen LogP contribution in [0.15, 0.2) is 61.2 Å². The number of phenolic OH excluding ortho intramolecular Hbond substituents is 1. The molecule has 1 aliphatic heterocycles. The first-order valence-electron chi connectivity index (χ1n) is 11.2. The maximum absolute atomic E-state index is 15.1. The molecule has 2 N–H and O–H groups in total. The van der Waals surface area contributed by atoms with E-state index < -0.39 is 11.9 Å². The van der Waals surface area contributed by atoms with E-state index in [2.05, 4.69) is 25.0 Å². The van der Waals surface area contributed by atoms with Crippen LogP contribution in [0.2, 0.25) is 0 Å². The Balaban J connectivity index is 1.42. The molecule has 3 aromatic heterocycles. The van der Waals surface area contributed by atoms with Gasteiger partial charge in [0.1, 0.15) is 24.0 Å². The van der Waals surface area contributed by atoms with Gasteiger partial charge < -0.3 is 19.8 Å². The van der Waals surface area contributed by atoms with Gasteiger partial charge in [-0.25, -0.2) is 23.9 Å². The van der Waals surface area contributed by atoms with Crippen LogP contribution in [0.3, 0.4) is 0 Å². The second kappa shape index (κ2) is 8.57. The zero-order chi connectivity index (χ0) is 23.9. The summed E-state index contributed by atoms with van der Waals surface area (Å²) in [6.07, 6.45) is 3.34. The summed E-state index contributed by atoms with van der Waals surface area (Å²) in [6.45, 7) is 2.91. The van der Waals surface area contributed by atoms with Crippen LogP contribution in [0.4, 0.5) is 10.1 Å². The van der Waals surface area contributed by atoms with E-state index in [1.807, 2.05) is 18.2 Å². The number of fused-ring (bicyclic) bond motifs is 2. The molecule has 0 saturated carbocycles. The van der Waals surface area contributed by atoms with Crippen molar-refractivity contribution in [3.8, 4) is 17.0 Å². The van der Waals surface area contributed by atoms with Crippen molar-refractivity contribution in [3.63, 3.8) is 0 Å². The first-order valence-corrected chi connectivity index (χ1v) is 11.2. The van der Waals surface area contributed by atoms with Crippen LogP contribution in [0.25, 0.3) is 27.8 Å². The Bertz CT molecular complexity index is 1550. The molecule has 0 bridgehead atoms. The first kappa shape index (κ1) is 21.4. The Morgan fingerprint density at radius 3 is 2.71 bits per heavy atom. The number of halogens is 1. The number of aliphatic hydroxyl groups is 1. The van der Waals surface area contributed by atoms with E-state index >= 15 is 4.39 Å². The Hall–Kier alpha value is -4.15. The Morgan fingerprint density at radius 1 is 1.00 bits per heavy atom. The third-order valence-electron chi connectivity index (χ3n) is 6.22. The molecule has 1 unspecified atom stereocenters. The number of anilines is 1. The number of aliphatic hydroxyl groups excluding tert-OH is 1. The topological polar surface area (TPSA) is 109 Å². The van der Waals surface area contributed by atoms with Crippen molar-refractivity contribution in [2.75, 3.05) is 31.2 Å². The number of rotatable bonds is 4. The second-order valence-corrected chi connectivity index (χ2v) is 8.30. The maximum atomic E-state index is 15.1. The summed E-state index contributed by atoms with van der Waals surface area (Å²) >= 11 is 0. The van der Waals surface area contributed by atoms with Crippen LogP contribution in [0.5, 0.6) is 5.75 Å². The van der Waals surface area contributed by atoms with Crippen molar-refractivity contribution in [3.05, 3.63) is 78.3 Å². The van der Waals surface area contributed by atoms with E-state index in [-0.39, 0.29) is 22.6 Å². The molecule has 0 aliphatic carbocycles. The molecule has 10 heteroatoms. The Morgan fingerprint density at radius 2 is 1.86 bits per heavy atom. The van der Waals surface area contributed by atoms with Crippen molar-refractivity contribution in [1.29, 1.82) is 0 Å².